The van der Waals surface area contributed by atoms with Crippen LogP contribution < -0.4 is 15.8 Å². The molecule has 11 heteroatoms. The molecule has 34 heavy (non-hydrogen) atoms. The highest BCUT2D eigenvalue weighted by Crippen LogP contribution is 2.32. The van der Waals surface area contributed by atoms with E-state index in [1.54, 1.807) is 37.7 Å². The third-order valence-electron chi connectivity index (χ3n) is 5.79. The first kappa shape index (κ1) is 23.8. The highest BCUT2D eigenvalue weighted by atomic mass is 35.5. The highest BCUT2D eigenvalue weighted by Gasteiger charge is 2.36. The van der Waals surface area contributed by atoms with E-state index in [9.17, 15) is 9.90 Å². The van der Waals surface area contributed by atoms with Crippen LogP contribution in [0.4, 0.5) is 5.82 Å². The Morgan fingerprint density at radius 3 is 2.79 bits per heavy atom. The van der Waals surface area contributed by atoms with Crippen LogP contribution in [0.2, 0.25) is 5.02 Å². The van der Waals surface area contributed by atoms with Gasteiger partial charge in [-0.2, -0.15) is 0 Å². The van der Waals surface area contributed by atoms with Crippen LogP contribution in [0.15, 0.2) is 42.9 Å². The number of likely N-dealkylation sites (tertiary alicyclic amines) is 1. The third kappa shape index (κ3) is 5.09. The summed E-state index contributed by atoms with van der Waals surface area (Å²) < 4.78 is 5.20. The average Bonchev–Trinajstić information content (AvgIpc) is 3.32. The van der Waals surface area contributed by atoms with E-state index < -0.39 is 11.9 Å². The lowest BCUT2D eigenvalue weighted by atomic mass is 10.1. The van der Waals surface area contributed by atoms with Gasteiger partial charge in [0.1, 0.15) is 17.6 Å². The molecule has 1 saturated heterocycles. The van der Waals surface area contributed by atoms with Gasteiger partial charge in [-0.1, -0.05) is 17.7 Å². The predicted octanol–water partition coefficient (Wildman–Crippen LogP) is 2.19. The van der Waals surface area contributed by atoms with Gasteiger partial charge in [0.15, 0.2) is 11.6 Å². The normalized spacial score (nSPS) is 16.9. The number of nitrogens with zero attached hydrogens (tertiary/aromatic N) is 5. The number of methoxy groups -OCH3 is 1. The Morgan fingerprint density at radius 2 is 2.12 bits per heavy atom. The van der Waals surface area contributed by atoms with Crippen molar-refractivity contribution in [1.29, 1.82) is 0 Å². The fraction of sp³-hybridized carbons (Fsp3) is 0.348. The molecule has 10 nitrogen and oxygen atoms in total. The number of aromatic nitrogens is 4. The zero-order valence-electron chi connectivity index (χ0n) is 18.7. The molecule has 3 heterocycles. The van der Waals surface area contributed by atoms with Crippen LogP contribution in [0.3, 0.4) is 0 Å². The third-order valence-corrected chi connectivity index (χ3v) is 6.08. The van der Waals surface area contributed by atoms with Gasteiger partial charge in [-0.3, -0.25) is 9.69 Å². The molecule has 4 N–H and O–H groups in total. The van der Waals surface area contributed by atoms with Crippen molar-refractivity contribution >= 4 is 23.3 Å². The molecule has 0 spiro atoms. The Bertz CT molecular complexity index is 1150. The zero-order valence-corrected chi connectivity index (χ0v) is 19.4. The van der Waals surface area contributed by atoms with Gasteiger partial charge in [-0.25, -0.2) is 19.9 Å². The minimum atomic E-state index is -0.649. The maximum Gasteiger partial charge on any atom is 0.254 e. The minimum absolute atomic E-state index is 0.00599. The van der Waals surface area contributed by atoms with E-state index in [2.05, 4.69) is 30.2 Å². The van der Waals surface area contributed by atoms with Gasteiger partial charge in [-0.05, 0) is 43.1 Å². The molecule has 2 atom stereocenters. The predicted molar refractivity (Wildman–Crippen MR) is 127 cm³/mol. The number of anilines is 1. The maximum absolute atomic E-state index is 12.1. The Balaban J connectivity index is 1.69. The second kappa shape index (κ2) is 10.7. The van der Waals surface area contributed by atoms with Crippen LogP contribution in [0.5, 0.6) is 5.75 Å². The van der Waals surface area contributed by atoms with Gasteiger partial charge in [-0.15, -0.1) is 0 Å². The lowest BCUT2D eigenvalue weighted by Crippen LogP contribution is -2.38. The van der Waals surface area contributed by atoms with E-state index in [-0.39, 0.29) is 18.2 Å². The molecule has 0 saturated carbocycles. The zero-order chi connectivity index (χ0) is 24.1. The first-order chi connectivity index (χ1) is 16.5. The van der Waals surface area contributed by atoms with Crippen molar-refractivity contribution in [2.75, 3.05) is 25.6 Å². The largest absolute Gasteiger partial charge is 0.495 e. The number of hydrogen-bond donors (Lipinski definition) is 3. The van der Waals surface area contributed by atoms with Crippen molar-refractivity contribution in [3.63, 3.8) is 0 Å². The summed E-state index contributed by atoms with van der Waals surface area (Å²) in [5, 5.41) is 13.6. The Kier molecular flexibility index (Phi) is 7.51. The number of aliphatic hydroxyl groups is 1. The van der Waals surface area contributed by atoms with Crippen molar-refractivity contribution in [3.05, 3.63) is 70.7 Å². The van der Waals surface area contributed by atoms with Crippen molar-refractivity contribution in [2.45, 2.75) is 31.5 Å². The van der Waals surface area contributed by atoms with E-state index >= 15 is 0 Å². The lowest BCUT2D eigenvalue weighted by Gasteiger charge is -2.30. The smallest absolute Gasteiger partial charge is 0.254 e. The standard InChI is InChI=1S/C23H26ClN7O3/c1-34-18-6-5-14(10-17(18)24)11-28-21-16(20(25)33)12-29-23(30-21)19(22-26-7-3-8-27-22)31-9-2-4-15(31)13-32/h3,5-8,10,12,15,19,32H,2,4,9,11,13H2,1H3,(H2,25,33)(H,28,29,30)/t15-,19?/m0/s1. The molecule has 1 aromatic carbocycles. The number of hydrogen-bond acceptors (Lipinski definition) is 9. The number of amides is 1. The molecule has 1 amide bonds. The molecule has 0 bridgehead atoms. The number of rotatable bonds is 9. The van der Waals surface area contributed by atoms with Gasteiger partial charge in [0.05, 0.1) is 24.3 Å². The molecule has 1 aliphatic rings. The van der Waals surface area contributed by atoms with Gasteiger partial charge >= 0.3 is 0 Å². The van der Waals surface area contributed by atoms with Crippen LogP contribution in [0, 0.1) is 0 Å². The van der Waals surface area contributed by atoms with Crippen molar-refractivity contribution < 1.29 is 14.6 Å². The monoisotopic (exact) mass is 483 g/mol. The van der Waals surface area contributed by atoms with Gasteiger partial charge < -0.3 is 20.9 Å². The molecular weight excluding hydrogens is 458 g/mol. The molecule has 4 rings (SSSR count). The molecule has 178 valence electrons. The SMILES string of the molecule is COc1ccc(CNc2nc(C(c3ncccn3)N3CCC[C@H]3CO)ncc2C(N)=O)cc1Cl. The number of nitrogens with two attached hydrogens (primary N) is 1. The average molecular weight is 484 g/mol. The highest BCUT2D eigenvalue weighted by molar-refractivity contribution is 6.32. The fourth-order valence-electron chi connectivity index (χ4n) is 4.11. The number of primary amides is 1. The van der Waals surface area contributed by atoms with E-state index in [4.69, 9.17) is 22.1 Å². The van der Waals surface area contributed by atoms with Gasteiger partial charge in [0, 0.05) is 31.2 Å². The Hall–Kier alpha value is -3.34. The van der Waals surface area contributed by atoms with Crippen LogP contribution in [-0.4, -0.2) is 62.2 Å². The summed E-state index contributed by atoms with van der Waals surface area (Å²) >= 11 is 6.24. The van der Waals surface area contributed by atoms with E-state index in [0.717, 1.165) is 24.9 Å². The first-order valence-electron chi connectivity index (χ1n) is 10.9. The minimum Gasteiger partial charge on any atom is -0.495 e. The molecular formula is C23H26ClN7O3. The van der Waals surface area contributed by atoms with Crippen LogP contribution in [-0.2, 0) is 6.54 Å². The molecule has 0 aliphatic carbocycles. The van der Waals surface area contributed by atoms with Crippen LogP contribution in [0.1, 0.15) is 46.5 Å². The lowest BCUT2D eigenvalue weighted by molar-refractivity contribution is 0.1000. The first-order valence-corrected chi connectivity index (χ1v) is 11.3. The Morgan fingerprint density at radius 1 is 1.32 bits per heavy atom. The number of nitrogens with one attached hydrogen (secondary N) is 1. The summed E-state index contributed by atoms with van der Waals surface area (Å²) in [4.78, 5) is 32.1. The Labute approximate surface area is 202 Å². The number of carbonyl (C=O) groups is 1. The molecule has 2 aromatic heterocycles. The van der Waals surface area contributed by atoms with Crippen molar-refractivity contribution in [1.82, 2.24) is 24.8 Å². The van der Waals surface area contributed by atoms with E-state index in [1.165, 1.54) is 6.20 Å². The fourth-order valence-corrected chi connectivity index (χ4v) is 4.39. The van der Waals surface area contributed by atoms with E-state index in [1.807, 2.05) is 6.07 Å². The molecule has 1 unspecified atom stereocenters. The molecule has 0 radical (unpaired) electrons. The van der Waals surface area contributed by atoms with Crippen molar-refractivity contribution in [3.8, 4) is 5.75 Å². The number of benzene rings is 1. The summed E-state index contributed by atoms with van der Waals surface area (Å²) in [6.07, 6.45) is 6.50. The van der Waals surface area contributed by atoms with Crippen LogP contribution in [0.25, 0.3) is 0 Å². The number of halogens is 1. The molecule has 1 fully saturated rings. The molecule has 1 aliphatic heterocycles. The number of carbonyl (C=O) groups excluding carboxylic acids is 1. The number of ether oxygens (including phenoxy) is 1. The molecule has 3 aromatic rings. The van der Waals surface area contributed by atoms with Crippen molar-refractivity contribution in [2.24, 2.45) is 5.73 Å². The summed E-state index contributed by atoms with van der Waals surface area (Å²) in [5.74, 6) is 1.14. The van der Waals surface area contributed by atoms with Gasteiger partial charge in [0.2, 0.25) is 0 Å². The second-order valence-corrected chi connectivity index (χ2v) is 8.31. The summed E-state index contributed by atoms with van der Waals surface area (Å²) in [5.41, 5.74) is 6.61. The summed E-state index contributed by atoms with van der Waals surface area (Å²) in [6.45, 7) is 1.09. The van der Waals surface area contributed by atoms with Gasteiger partial charge in [0.25, 0.3) is 5.91 Å². The summed E-state index contributed by atoms with van der Waals surface area (Å²) in [6, 6.07) is 6.59. The quantitative estimate of drug-likeness (QED) is 0.417. The second-order valence-electron chi connectivity index (χ2n) is 7.90. The maximum atomic E-state index is 12.1. The summed E-state index contributed by atoms with van der Waals surface area (Å²) in [7, 11) is 1.55. The van der Waals surface area contributed by atoms with E-state index in [0.29, 0.717) is 34.8 Å². The number of aliphatic hydroxyl groups excluding tert-OH is 1. The topological polar surface area (TPSA) is 139 Å². The van der Waals surface area contributed by atoms with Crippen LogP contribution >= 0.6 is 11.6 Å².